The Balaban J connectivity index is 2.11. The van der Waals surface area contributed by atoms with Gasteiger partial charge in [-0.05, 0) is 43.9 Å². The van der Waals surface area contributed by atoms with Gasteiger partial charge in [-0.2, -0.15) is 0 Å². The van der Waals surface area contributed by atoms with E-state index in [1.807, 2.05) is 19.1 Å². The molecular formula is C13H19NO2S. The molecule has 0 aromatic heterocycles. The molecule has 17 heavy (non-hydrogen) atoms. The van der Waals surface area contributed by atoms with Gasteiger partial charge in [-0.1, -0.05) is 6.42 Å². The number of nitrogens with two attached hydrogens (primary N) is 1. The average molecular weight is 253 g/mol. The topological polar surface area (TPSA) is 52.3 Å². The van der Waals surface area contributed by atoms with Crippen molar-refractivity contribution in [1.82, 2.24) is 0 Å². The van der Waals surface area contributed by atoms with Crippen LogP contribution >= 0.6 is 0 Å². The lowest BCUT2D eigenvalue weighted by Gasteiger charge is -2.24. The summed E-state index contributed by atoms with van der Waals surface area (Å²) in [6.45, 7) is 2.54. The molecule has 0 spiro atoms. The zero-order chi connectivity index (χ0) is 12.3. The van der Waals surface area contributed by atoms with Crippen LogP contribution in [0.15, 0.2) is 23.1 Å². The summed E-state index contributed by atoms with van der Waals surface area (Å²) < 4.78 is 17.6. The van der Waals surface area contributed by atoms with Gasteiger partial charge in [-0.3, -0.25) is 4.21 Å². The lowest BCUT2D eigenvalue weighted by Crippen LogP contribution is -2.19. The Morgan fingerprint density at radius 3 is 2.82 bits per heavy atom. The molecule has 0 saturated heterocycles. The molecule has 0 amide bonds. The second kappa shape index (κ2) is 5.54. The molecule has 1 aromatic carbocycles. The van der Waals surface area contributed by atoms with Crippen LogP contribution in [-0.4, -0.2) is 16.6 Å². The van der Waals surface area contributed by atoms with Gasteiger partial charge in [0, 0.05) is 11.4 Å². The van der Waals surface area contributed by atoms with Gasteiger partial charge in [-0.25, -0.2) is 0 Å². The van der Waals surface area contributed by atoms with E-state index in [1.54, 1.807) is 6.07 Å². The van der Waals surface area contributed by atoms with Crippen molar-refractivity contribution in [2.24, 2.45) is 5.92 Å². The number of hydrogen-bond acceptors (Lipinski definition) is 3. The van der Waals surface area contributed by atoms with Crippen molar-refractivity contribution in [1.29, 1.82) is 0 Å². The first-order valence-corrected chi connectivity index (χ1v) is 7.43. The molecule has 94 valence electrons. The monoisotopic (exact) mass is 253 g/mol. The lowest BCUT2D eigenvalue weighted by molar-refractivity contribution is 0.339. The molecule has 0 bridgehead atoms. The average Bonchev–Trinajstić information content (AvgIpc) is 2.26. The third kappa shape index (κ3) is 3.00. The quantitative estimate of drug-likeness (QED) is 0.821. The molecular weight excluding hydrogens is 234 g/mol. The summed E-state index contributed by atoms with van der Waals surface area (Å²) in [7, 11) is -0.993. The van der Waals surface area contributed by atoms with Crippen LogP contribution in [0.1, 0.15) is 26.2 Å². The second-order valence-corrected chi connectivity index (χ2v) is 5.91. The Bertz CT molecular complexity index is 416. The first-order chi connectivity index (χ1) is 8.20. The first-order valence-electron chi connectivity index (χ1n) is 6.11. The van der Waals surface area contributed by atoms with E-state index in [0.717, 1.165) is 16.4 Å². The highest BCUT2D eigenvalue weighted by atomic mass is 32.2. The van der Waals surface area contributed by atoms with E-state index < -0.39 is 10.8 Å². The first kappa shape index (κ1) is 12.4. The Labute approximate surface area is 105 Å². The molecule has 1 aliphatic carbocycles. The summed E-state index contributed by atoms with van der Waals surface area (Å²) in [6, 6.07) is 5.41. The van der Waals surface area contributed by atoms with Gasteiger partial charge in [-0.15, -0.1) is 0 Å². The summed E-state index contributed by atoms with van der Waals surface area (Å²) >= 11 is 0. The van der Waals surface area contributed by atoms with E-state index in [-0.39, 0.29) is 0 Å². The smallest absolute Gasteiger partial charge is 0.120 e. The molecule has 0 aliphatic heterocycles. The van der Waals surface area contributed by atoms with E-state index >= 15 is 0 Å². The second-order valence-electron chi connectivity index (χ2n) is 4.44. The Kier molecular flexibility index (Phi) is 4.05. The number of ether oxygens (including phenoxy) is 1. The van der Waals surface area contributed by atoms with Crippen LogP contribution < -0.4 is 10.5 Å². The fourth-order valence-corrected chi connectivity index (χ4v) is 3.45. The Morgan fingerprint density at radius 1 is 1.47 bits per heavy atom. The normalized spacial score (nSPS) is 17.5. The van der Waals surface area contributed by atoms with Crippen molar-refractivity contribution in [3.8, 4) is 5.75 Å². The van der Waals surface area contributed by atoms with E-state index in [9.17, 15) is 4.21 Å². The van der Waals surface area contributed by atoms with Gasteiger partial charge in [0.2, 0.25) is 0 Å². The van der Waals surface area contributed by atoms with E-state index in [2.05, 4.69) is 0 Å². The molecule has 0 heterocycles. The van der Waals surface area contributed by atoms with Crippen molar-refractivity contribution in [2.45, 2.75) is 31.1 Å². The van der Waals surface area contributed by atoms with Crippen LogP contribution in [0.3, 0.4) is 0 Å². The number of nitrogen functional groups attached to an aromatic ring is 1. The maximum Gasteiger partial charge on any atom is 0.120 e. The van der Waals surface area contributed by atoms with Gasteiger partial charge in [0.05, 0.1) is 22.3 Å². The van der Waals surface area contributed by atoms with Gasteiger partial charge in [0.25, 0.3) is 0 Å². The van der Waals surface area contributed by atoms with Crippen LogP contribution in [0.25, 0.3) is 0 Å². The number of anilines is 1. The molecule has 1 aromatic rings. The Morgan fingerprint density at radius 2 is 2.24 bits per heavy atom. The molecule has 0 radical (unpaired) electrons. The summed E-state index contributed by atoms with van der Waals surface area (Å²) in [5.41, 5.74) is 6.48. The van der Waals surface area contributed by atoms with Crippen LogP contribution in [0.2, 0.25) is 0 Å². The van der Waals surface area contributed by atoms with Crippen LogP contribution in [0, 0.1) is 5.92 Å². The molecule has 3 nitrogen and oxygen atoms in total. The fourth-order valence-electron chi connectivity index (χ4n) is 1.93. The Hall–Kier alpha value is -1.03. The van der Waals surface area contributed by atoms with Crippen molar-refractivity contribution < 1.29 is 8.95 Å². The molecule has 2 rings (SSSR count). The predicted octanol–water partition coefficient (Wildman–Crippen LogP) is 2.58. The minimum absolute atomic E-state index is 0.603. The zero-order valence-electron chi connectivity index (χ0n) is 10.1. The highest BCUT2D eigenvalue weighted by Gasteiger charge is 2.21. The van der Waals surface area contributed by atoms with Gasteiger partial charge in [0.1, 0.15) is 5.75 Å². The van der Waals surface area contributed by atoms with Gasteiger partial charge < -0.3 is 10.5 Å². The minimum atomic E-state index is -0.993. The van der Waals surface area contributed by atoms with Crippen molar-refractivity contribution in [3.05, 3.63) is 18.2 Å². The molecule has 4 heteroatoms. The van der Waals surface area contributed by atoms with E-state index in [1.165, 1.54) is 19.3 Å². The van der Waals surface area contributed by atoms with E-state index in [4.69, 9.17) is 10.5 Å². The van der Waals surface area contributed by atoms with Crippen molar-refractivity contribution in [2.75, 3.05) is 18.1 Å². The lowest BCUT2D eigenvalue weighted by atomic mass is 9.87. The standard InChI is InChI=1S/C13H19NO2S/c1-2-16-11-6-7-12(14)13(8-11)17(15)9-10-4-3-5-10/h6-8,10H,2-5,9,14H2,1H3. The summed E-state index contributed by atoms with van der Waals surface area (Å²) in [5.74, 6) is 2.10. The molecule has 1 aliphatic rings. The predicted molar refractivity (Wildman–Crippen MR) is 70.6 cm³/mol. The highest BCUT2D eigenvalue weighted by molar-refractivity contribution is 7.85. The molecule has 1 unspecified atom stereocenters. The fraction of sp³-hybridized carbons (Fsp3) is 0.538. The largest absolute Gasteiger partial charge is 0.494 e. The molecule has 2 N–H and O–H groups in total. The molecule has 1 atom stereocenters. The number of rotatable bonds is 5. The number of benzene rings is 1. The summed E-state index contributed by atoms with van der Waals surface area (Å²) in [5, 5.41) is 0. The third-order valence-electron chi connectivity index (χ3n) is 3.15. The minimum Gasteiger partial charge on any atom is -0.494 e. The van der Waals surface area contributed by atoms with E-state index in [0.29, 0.717) is 18.2 Å². The van der Waals surface area contributed by atoms with Crippen LogP contribution in [-0.2, 0) is 10.8 Å². The molecule has 1 saturated carbocycles. The van der Waals surface area contributed by atoms with Crippen LogP contribution in [0.5, 0.6) is 5.75 Å². The maximum absolute atomic E-state index is 12.2. The van der Waals surface area contributed by atoms with Crippen molar-refractivity contribution >= 4 is 16.5 Å². The van der Waals surface area contributed by atoms with Gasteiger partial charge >= 0.3 is 0 Å². The number of hydrogen-bond donors (Lipinski definition) is 1. The zero-order valence-corrected chi connectivity index (χ0v) is 11.0. The molecule has 1 fully saturated rings. The third-order valence-corrected chi connectivity index (χ3v) is 4.77. The van der Waals surface area contributed by atoms with Crippen LogP contribution in [0.4, 0.5) is 5.69 Å². The summed E-state index contributed by atoms with van der Waals surface area (Å²) in [6.07, 6.45) is 3.68. The summed E-state index contributed by atoms with van der Waals surface area (Å²) in [4.78, 5) is 0.725. The maximum atomic E-state index is 12.2. The SMILES string of the molecule is CCOc1ccc(N)c(S(=O)CC2CCC2)c1. The highest BCUT2D eigenvalue weighted by Crippen LogP contribution is 2.30. The van der Waals surface area contributed by atoms with Gasteiger partial charge in [0.15, 0.2) is 0 Å². The van der Waals surface area contributed by atoms with Crippen molar-refractivity contribution in [3.63, 3.8) is 0 Å².